The molecule has 31 heavy (non-hydrogen) atoms. The maximum atomic E-state index is 13.1. The third-order valence-electron chi connectivity index (χ3n) is 5.67. The standard InChI is InChI=1S/C24H25Cl2N3O2/c1-2-12-29-23(30)21(19-11-6-16(25)15-20(19)26)22(24(29)31)27-17-7-9-18(10-8-17)28-13-4-3-5-14-28/h6-11,15,27H,2-5,12-14H2,1H3. The highest BCUT2D eigenvalue weighted by molar-refractivity contribution is 6.41. The van der Waals surface area contributed by atoms with Crippen molar-refractivity contribution in [1.29, 1.82) is 0 Å². The highest BCUT2D eigenvalue weighted by Crippen LogP contribution is 2.35. The van der Waals surface area contributed by atoms with E-state index in [2.05, 4.69) is 10.2 Å². The van der Waals surface area contributed by atoms with Gasteiger partial charge >= 0.3 is 0 Å². The van der Waals surface area contributed by atoms with Gasteiger partial charge in [-0.05, 0) is 62.1 Å². The predicted octanol–water partition coefficient (Wildman–Crippen LogP) is 5.59. The van der Waals surface area contributed by atoms with E-state index in [4.69, 9.17) is 23.2 Å². The molecule has 1 N–H and O–H groups in total. The third-order valence-corrected chi connectivity index (χ3v) is 6.22. The first kappa shape index (κ1) is 21.7. The molecule has 1 saturated heterocycles. The second-order valence-electron chi connectivity index (χ2n) is 7.86. The van der Waals surface area contributed by atoms with Gasteiger partial charge in [0.05, 0.1) is 10.6 Å². The number of piperidine rings is 1. The van der Waals surface area contributed by atoms with Crippen molar-refractivity contribution in [1.82, 2.24) is 4.90 Å². The van der Waals surface area contributed by atoms with E-state index in [-0.39, 0.29) is 23.1 Å². The average molecular weight is 458 g/mol. The molecule has 0 spiro atoms. The zero-order valence-electron chi connectivity index (χ0n) is 17.5. The fraction of sp³-hybridized carbons (Fsp3) is 0.333. The zero-order valence-corrected chi connectivity index (χ0v) is 19.0. The second-order valence-corrected chi connectivity index (χ2v) is 8.70. The minimum Gasteiger partial charge on any atom is -0.372 e. The van der Waals surface area contributed by atoms with Crippen molar-refractivity contribution in [3.8, 4) is 0 Å². The fourth-order valence-electron chi connectivity index (χ4n) is 4.11. The Kier molecular flexibility index (Phi) is 6.54. The number of amides is 2. The molecule has 0 atom stereocenters. The monoisotopic (exact) mass is 457 g/mol. The van der Waals surface area contributed by atoms with Crippen LogP contribution in [0.25, 0.3) is 5.57 Å². The number of imide groups is 1. The molecule has 0 bridgehead atoms. The molecule has 2 aromatic carbocycles. The Bertz CT molecular complexity index is 1030. The van der Waals surface area contributed by atoms with Gasteiger partial charge in [-0.1, -0.05) is 36.2 Å². The van der Waals surface area contributed by atoms with E-state index < -0.39 is 0 Å². The van der Waals surface area contributed by atoms with Gasteiger partial charge in [0.2, 0.25) is 0 Å². The number of nitrogens with one attached hydrogen (secondary N) is 1. The number of anilines is 2. The van der Waals surface area contributed by atoms with Crippen molar-refractivity contribution in [2.24, 2.45) is 0 Å². The van der Waals surface area contributed by atoms with Gasteiger partial charge in [-0.2, -0.15) is 0 Å². The topological polar surface area (TPSA) is 52.7 Å². The molecule has 7 heteroatoms. The second kappa shape index (κ2) is 9.33. The molecule has 2 amide bonds. The molecule has 0 saturated carbocycles. The summed E-state index contributed by atoms with van der Waals surface area (Å²) in [6, 6.07) is 12.9. The van der Waals surface area contributed by atoms with Gasteiger partial charge in [-0.25, -0.2) is 0 Å². The Morgan fingerprint density at radius 2 is 1.65 bits per heavy atom. The maximum absolute atomic E-state index is 13.1. The molecule has 4 rings (SSSR count). The summed E-state index contributed by atoms with van der Waals surface area (Å²) in [7, 11) is 0. The third kappa shape index (κ3) is 4.43. The molecule has 2 aliphatic rings. The summed E-state index contributed by atoms with van der Waals surface area (Å²) in [4.78, 5) is 29.8. The van der Waals surface area contributed by atoms with Crippen LogP contribution in [0.1, 0.15) is 38.2 Å². The molecule has 0 aliphatic carbocycles. The van der Waals surface area contributed by atoms with Crippen LogP contribution >= 0.6 is 23.2 Å². The van der Waals surface area contributed by atoms with Crippen LogP contribution in [0.2, 0.25) is 10.0 Å². The largest absolute Gasteiger partial charge is 0.372 e. The average Bonchev–Trinajstić information content (AvgIpc) is 3.00. The Balaban J connectivity index is 1.67. The van der Waals surface area contributed by atoms with Gasteiger partial charge in [0.25, 0.3) is 11.8 Å². The summed E-state index contributed by atoms with van der Waals surface area (Å²) in [5.41, 5.74) is 2.93. The number of hydrogen-bond donors (Lipinski definition) is 1. The van der Waals surface area contributed by atoms with Crippen LogP contribution in [0.15, 0.2) is 48.2 Å². The quantitative estimate of drug-likeness (QED) is 0.574. The summed E-state index contributed by atoms with van der Waals surface area (Å²) >= 11 is 12.4. The first-order valence-corrected chi connectivity index (χ1v) is 11.4. The van der Waals surface area contributed by atoms with Gasteiger partial charge < -0.3 is 10.2 Å². The SMILES string of the molecule is CCCN1C(=O)C(Nc2ccc(N3CCCCC3)cc2)=C(c2ccc(Cl)cc2Cl)C1=O. The first-order valence-electron chi connectivity index (χ1n) is 10.7. The van der Waals surface area contributed by atoms with Crippen molar-refractivity contribution >= 4 is 52.0 Å². The molecule has 2 aromatic rings. The van der Waals surface area contributed by atoms with Crippen LogP contribution in [0.4, 0.5) is 11.4 Å². The predicted molar refractivity (Wildman–Crippen MR) is 127 cm³/mol. The van der Waals surface area contributed by atoms with Crippen LogP contribution in [0, 0.1) is 0 Å². The van der Waals surface area contributed by atoms with Gasteiger partial charge in [-0.15, -0.1) is 0 Å². The van der Waals surface area contributed by atoms with Gasteiger partial charge in [0.15, 0.2) is 0 Å². The number of halogens is 2. The lowest BCUT2D eigenvalue weighted by molar-refractivity contribution is -0.136. The van der Waals surface area contributed by atoms with E-state index in [1.54, 1.807) is 18.2 Å². The van der Waals surface area contributed by atoms with E-state index in [1.165, 1.54) is 29.8 Å². The molecule has 0 unspecified atom stereocenters. The van der Waals surface area contributed by atoms with Crippen molar-refractivity contribution in [2.75, 3.05) is 29.9 Å². The molecule has 162 valence electrons. The van der Waals surface area contributed by atoms with Crippen molar-refractivity contribution < 1.29 is 9.59 Å². The van der Waals surface area contributed by atoms with E-state index >= 15 is 0 Å². The lowest BCUT2D eigenvalue weighted by Gasteiger charge is -2.28. The summed E-state index contributed by atoms with van der Waals surface area (Å²) in [6.45, 7) is 4.41. The van der Waals surface area contributed by atoms with Gasteiger partial charge in [0, 0.05) is 41.6 Å². The summed E-state index contributed by atoms with van der Waals surface area (Å²) in [5.74, 6) is -0.684. The highest BCUT2D eigenvalue weighted by atomic mass is 35.5. The van der Waals surface area contributed by atoms with Crippen LogP contribution in [-0.2, 0) is 9.59 Å². The molecular weight excluding hydrogens is 433 g/mol. The Hall–Kier alpha value is -2.50. The minimum absolute atomic E-state index is 0.244. The van der Waals surface area contributed by atoms with Crippen LogP contribution in [0.3, 0.4) is 0 Å². The van der Waals surface area contributed by atoms with Gasteiger partial charge in [0.1, 0.15) is 5.70 Å². The molecule has 2 heterocycles. The summed E-state index contributed by atoms with van der Waals surface area (Å²) < 4.78 is 0. The maximum Gasteiger partial charge on any atom is 0.278 e. The smallest absolute Gasteiger partial charge is 0.278 e. The molecule has 2 aliphatic heterocycles. The summed E-state index contributed by atoms with van der Waals surface area (Å²) in [5, 5.41) is 3.99. The van der Waals surface area contributed by atoms with Gasteiger partial charge in [-0.3, -0.25) is 14.5 Å². The summed E-state index contributed by atoms with van der Waals surface area (Å²) in [6.07, 6.45) is 4.38. The zero-order chi connectivity index (χ0) is 22.0. The number of carbonyl (C=O) groups excluding carboxylic acids is 2. The van der Waals surface area contributed by atoms with Crippen molar-refractivity contribution in [2.45, 2.75) is 32.6 Å². The van der Waals surface area contributed by atoms with E-state index in [1.807, 2.05) is 31.2 Å². The van der Waals surface area contributed by atoms with Crippen molar-refractivity contribution in [3.05, 3.63) is 63.8 Å². The molecule has 0 aromatic heterocycles. The number of carbonyl (C=O) groups is 2. The minimum atomic E-state index is -0.344. The van der Waals surface area contributed by atoms with E-state index in [9.17, 15) is 9.59 Å². The van der Waals surface area contributed by atoms with E-state index in [0.717, 1.165) is 18.8 Å². The molecule has 0 radical (unpaired) electrons. The normalized spacial score (nSPS) is 17.0. The van der Waals surface area contributed by atoms with Crippen molar-refractivity contribution in [3.63, 3.8) is 0 Å². The van der Waals surface area contributed by atoms with Crippen LogP contribution in [-0.4, -0.2) is 36.3 Å². The number of nitrogens with zero attached hydrogens (tertiary/aromatic N) is 2. The first-order chi connectivity index (χ1) is 15.0. The Labute approximate surface area is 192 Å². The van der Waals surface area contributed by atoms with Crippen LogP contribution < -0.4 is 10.2 Å². The Morgan fingerprint density at radius 3 is 2.29 bits per heavy atom. The number of hydrogen-bond acceptors (Lipinski definition) is 4. The number of benzene rings is 2. The lowest BCUT2D eigenvalue weighted by atomic mass is 10.0. The molecule has 5 nitrogen and oxygen atoms in total. The number of rotatable bonds is 6. The van der Waals surface area contributed by atoms with Crippen LogP contribution in [0.5, 0.6) is 0 Å². The molecular formula is C24H25Cl2N3O2. The highest BCUT2D eigenvalue weighted by Gasteiger charge is 2.39. The Morgan fingerprint density at radius 1 is 0.935 bits per heavy atom. The fourth-order valence-corrected chi connectivity index (χ4v) is 4.62. The molecule has 1 fully saturated rings. The van der Waals surface area contributed by atoms with E-state index in [0.29, 0.717) is 28.6 Å². The lowest BCUT2D eigenvalue weighted by Crippen LogP contribution is -2.33.